The summed E-state index contributed by atoms with van der Waals surface area (Å²) < 4.78 is 5.00. The Labute approximate surface area is 97.6 Å². The molecule has 0 heterocycles. The van der Waals surface area contributed by atoms with Crippen LogP contribution in [0.4, 0.5) is 0 Å². The lowest BCUT2D eigenvalue weighted by Gasteiger charge is -2.29. The topological polar surface area (TPSA) is 75.8 Å². The highest BCUT2D eigenvalue weighted by molar-refractivity contribution is 5.73. The molecule has 0 rings (SSSR count). The molecule has 0 aromatic carbocycles. The molecule has 0 aliphatic carbocycles. The van der Waals surface area contributed by atoms with E-state index in [1.54, 1.807) is 7.11 Å². The van der Waals surface area contributed by atoms with Crippen molar-refractivity contribution in [1.82, 2.24) is 4.90 Å². The molecule has 16 heavy (non-hydrogen) atoms. The second-order valence-corrected chi connectivity index (χ2v) is 4.31. The van der Waals surface area contributed by atoms with Crippen LogP contribution in [0.5, 0.6) is 0 Å². The van der Waals surface area contributed by atoms with Crippen molar-refractivity contribution in [2.45, 2.75) is 26.3 Å². The van der Waals surface area contributed by atoms with Gasteiger partial charge in [0.15, 0.2) is 0 Å². The zero-order valence-electron chi connectivity index (χ0n) is 10.5. The van der Waals surface area contributed by atoms with Crippen LogP contribution < -0.4 is 5.73 Å². The lowest BCUT2D eigenvalue weighted by Crippen LogP contribution is -2.45. The molecule has 0 aromatic rings. The third kappa shape index (κ3) is 6.05. The van der Waals surface area contributed by atoms with Gasteiger partial charge in [-0.1, -0.05) is 13.8 Å². The molecular weight excluding hydrogens is 208 g/mol. The van der Waals surface area contributed by atoms with Crippen LogP contribution in [-0.4, -0.2) is 55.4 Å². The first-order chi connectivity index (χ1) is 7.52. The van der Waals surface area contributed by atoms with Gasteiger partial charge >= 0.3 is 5.97 Å². The maximum Gasteiger partial charge on any atom is 0.320 e. The first kappa shape index (κ1) is 15.3. The standard InChI is InChI=1S/C11H24N2O3/c1-9(2)8-13(6-7-16-3)10(4-5-12)11(14)15/h9-10H,4-8,12H2,1-3H3,(H,14,15). The van der Waals surface area contributed by atoms with E-state index in [0.29, 0.717) is 32.0 Å². The van der Waals surface area contributed by atoms with Gasteiger partial charge in [0.05, 0.1) is 6.61 Å². The summed E-state index contributed by atoms with van der Waals surface area (Å²) in [6.45, 7) is 6.45. The van der Waals surface area contributed by atoms with E-state index in [1.807, 2.05) is 4.90 Å². The molecule has 1 unspecified atom stereocenters. The smallest absolute Gasteiger partial charge is 0.320 e. The minimum atomic E-state index is -0.804. The Hall–Kier alpha value is -0.650. The maximum atomic E-state index is 11.1. The fourth-order valence-corrected chi connectivity index (χ4v) is 1.67. The van der Waals surface area contributed by atoms with Gasteiger partial charge in [0.25, 0.3) is 0 Å². The fraction of sp³-hybridized carbons (Fsp3) is 0.909. The lowest BCUT2D eigenvalue weighted by molar-refractivity contribution is -0.144. The molecule has 0 saturated heterocycles. The first-order valence-corrected chi connectivity index (χ1v) is 5.68. The van der Waals surface area contributed by atoms with Gasteiger partial charge in [-0.2, -0.15) is 0 Å². The van der Waals surface area contributed by atoms with Crippen molar-refractivity contribution in [2.75, 3.05) is 33.4 Å². The normalized spacial score (nSPS) is 13.4. The molecule has 0 spiro atoms. The van der Waals surface area contributed by atoms with Gasteiger partial charge in [-0.05, 0) is 18.9 Å². The van der Waals surface area contributed by atoms with Crippen LogP contribution in [0.25, 0.3) is 0 Å². The summed E-state index contributed by atoms with van der Waals surface area (Å²) in [5, 5.41) is 9.15. The number of nitrogens with two attached hydrogens (primary N) is 1. The number of hydrogen-bond acceptors (Lipinski definition) is 4. The van der Waals surface area contributed by atoms with Crippen LogP contribution in [0.1, 0.15) is 20.3 Å². The van der Waals surface area contributed by atoms with E-state index in [1.165, 1.54) is 0 Å². The minimum absolute atomic E-state index is 0.387. The van der Waals surface area contributed by atoms with Gasteiger partial charge in [0.1, 0.15) is 6.04 Å². The molecule has 0 aliphatic heterocycles. The Kier molecular flexibility index (Phi) is 8.15. The molecule has 3 N–H and O–H groups in total. The number of carboxylic acid groups (broad SMARTS) is 1. The van der Waals surface area contributed by atoms with Crippen molar-refractivity contribution < 1.29 is 14.6 Å². The van der Waals surface area contributed by atoms with E-state index in [-0.39, 0.29) is 0 Å². The second-order valence-electron chi connectivity index (χ2n) is 4.31. The third-order valence-electron chi connectivity index (χ3n) is 2.35. The van der Waals surface area contributed by atoms with Crippen molar-refractivity contribution in [2.24, 2.45) is 11.7 Å². The summed E-state index contributed by atoms with van der Waals surface area (Å²) in [6.07, 6.45) is 0.478. The predicted octanol–water partition coefficient (Wildman–Crippen LogP) is 0.393. The van der Waals surface area contributed by atoms with Crippen LogP contribution in [0, 0.1) is 5.92 Å². The van der Waals surface area contributed by atoms with Crippen LogP contribution >= 0.6 is 0 Å². The van der Waals surface area contributed by atoms with E-state index < -0.39 is 12.0 Å². The number of ether oxygens (including phenoxy) is 1. The highest BCUT2D eigenvalue weighted by atomic mass is 16.5. The summed E-state index contributed by atoms with van der Waals surface area (Å²) in [5.74, 6) is -0.376. The molecular formula is C11H24N2O3. The molecule has 0 saturated carbocycles. The SMILES string of the molecule is COCCN(CC(C)C)C(CCN)C(=O)O. The van der Waals surface area contributed by atoms with Crippen molar-refractivity contribution in [3.63, 3.8) is 0 Å². The number of nitrogens with zero attached hydrogens (tertiary/aromatic N) is 1. The third-order valence-corrected chi connectivity index (χ3v) is 2.35. The van der Waals surface area contributed by atoms with E-state index in [0.717, 1.165) is 6.54 Å². The number of aliphatic carboxylic acids is 1. The largest absolute Gasteiger partial charge is 0.480 e. The Morgan fingerprint density at radius 3 is 2.50 bits per heavy atom. The Morgan fingerprint density at radius 1 is 1.50 bits per heavy atom. The zero-order valence-corrected chi connectivity index (χ0v) is 10.5. The zero-order chi connectivity index (χ0) is 12.6. The summed E-state index contributed by atoms with van der Waals surface area (Å²) in [6, 6.07) is -0.498. The average molecular weight is 232 g/mol. The molecule has 0 fully saturated rings. The van der Waals surface area contributed by atoms with Crippen molar-refractivity contribution in [3.8, 4) is 0 Å². The first-order valence-electron chi connectivity index (χ1n) is 5.68. The fourth-order valence-electron chi connectivity index (χ4n) is 1.67. The number of rotatable bonds is 9. The lowest BCUT2D eigenvalue weighted by atomic mass is 10.1. The highest BCUT2D eigenvalue weighted by Crippen LogP contribution is 2.08. The van der Waals surface area contributed by atoms with Gasteiger partial charge in [-0.25, -0.2) is 0 Å². The summed E-state index contributed by atoms with van der Waals surface area (Å²) in [7, 11) is 1.62. The summed E-state index contributed by atoms with van der Waals surface area (Å²) in [5.41, 5.74) is 5.44. The maximum absolute atomic E-state index is 11.1. The molecule has 96 valence electrons. The summed E-state index contributed by atoms with van der Waals surface area (Å²) in [4.78, 5) is 13.1. The minimum Gasteiger partial charge on any atom is -0.480 e. The van der Waals surface area contributed by atoms with E-state index >= 15 is 0 Å². The van der Waals surface area contributed by atoms with Crippen LogP contribution in [0.3, 0.4) is 0 Å². The van der Waals surface area contributed by atoms with Crippen molar-refractivity contribution in [1.29, 1.82) is 0 Å². The van der Waals surface area contributed by atoms with Crippen molar-refractivity contribution >= 4 is 5.97 Å². The Morgan fingerprint density at radius 2 is 2.12 bits per heavy atom. The average Bonchev–Trinajstić information content (AvgIpc) is 2.20. The van der Waals surface area contributed by atoms with Crippen molar-refractivity contribution in [3.05, 3.63) is 0 Å². The van der Waals surface area contributed by atoms with E-state index in [2.05, 4.69) is 13.8 Å². The number of carbonyl (C=O) groups is 1. The predicted molar refractivity (Wildman–Crippen MR) is 63.4 cm³/mol. The van der Waals surface area contributed by atoms with Crippen LogP contribution in [0.15, 0.2) is 0 Å². The Balaban J connectivity index is 4.46. The van der Waals surface area contributed by atoms with Gasteiger partial charge in [-0.15, -0.1) is 0 Å². The molecule has 0 radical (unpaired) electrons. The number of methoxy groups -OCH3 is 1. The van der Waals surface area contributed by atoms with Gasteiger partial charge in [0, 0.05) is 20.2 Å². The molecule has 0 bridgehead atoms. The molecule has 0 aliphatic rings. The van der Waals surface area contributed by atoms with E-state index in [4.69, 9.17) is 15.6 Å². The quantitative estimate of drug-likeness (QED) is 0.601. The van der Waals surface area contributed by atoms with E-state index in [9.17, 15) is 4.79 Å². The molecule has 0 amide bonds. The van der Waals surface area contributed by atoms with Crippen LogP contribution in [-0.2, 0) is 9.53 Å². The van der Waals surface area contributed by atoms with Gasteiger partial charge in [0.2, 0.25) is 0 Å². The molecule has 5 heteroatoms. The Bertz CT molecular complexity index is 198. The van der Waals surface area contributed by atoms with Gasteiger partial charge < -0.3 is 15.6 Å². The van der Waals surface area contributed by atoms with Gasteiger partial charge in [-0.3, -0.25) is 9.69 Å². The summed E-state index contributed by atoms with van der Waals surface area (Å²) >= 11 is 0. The monoisotopic (exact) mass is 232 g/mol. The molecule has 0 aromatic heterocycles. The number of carboxylic acids is 1. The molecule has 5 nitrogen and oxygen atoms in total. The molecule has 1 atom stereocenters. The second kappa shape index (κ2) is 8.50. The van der Waals surface area contributed by atoms with Crippen LogP contribution in [0.2, 0.25) is 0 Å². The number of hydrogen-bond donors (Lipinski definition) is 2. The highest BCUT2D eigenvalue weighted by Gasteiger charge is 2.24.